The zero-order chi connectivity index (χ0) is 20.4. The first-order valence-electron chi connectivity index (χ1n) is 9.12. The average molecular weight is 372 g/mol. The van der Waals surface area contributed by atoms with Crippen molar-refractivity contribution in [3.8, 4) is 0 Å². The second kappa shape index (κ2) is 8.07. The van der Waals surface area contributed by atoms with Gasteiger partial charge in [-0.25, -0.2) is 4.79 Å². The summed E-state index contributed by atoms with van der Waals surface area (Å²) in [5.41, 5.74) is 1.72. The van der Waals surface area contributed by atoms with Crippen molar-refractivity contribution in [3.63, 3.8) is 0 Å². The molecule has 0 saturated heterocycles. The van der Waals surface area contributed by atoms with Crippen LogP contribution >= 0.6 is 0 Å². The molecule has 5 heteroatoms. The van der Waals surface area contributed by atoms with E-state index in [1.807, 2.05) is 26.8 Å². The van der Waals surface area contributed by atoms with E-state index in [0.717, 1.165) is 5.57 Å². The monoisotopic (exact) mass is 372 g/mol. The van der Waals surface area contributed by atoms with Gasteiger partial charge in [0.15, 0.2) is 5.78 Å². The third-order valence-electron chi connectivity index (χ3n) is 5.62. The Kier molecular flexibility index (Phi) is 6.24. The third-order valence-corrected chi connectivity index (χ3v) is 5.62. The molecule has 0 aliphatic heterocycles. The highest BCUT2D eigenvalue weighted by molar-refractivity contribution is 6.00. The lowest BCUT2D eigenvalue weighted by molar-refractivity contribution is -0.150. The number of Topliss-reactive ketones (excluding diaryl/α,β-unsaturated/α-hetero) is 1. The Balaban J connectivity index is 2.07. The molecule has 0 aromatic heterocycles. The van der Waals surface area contributed by atoms with Gasteiger partial charge in [-0.3, -0.25) is 9.59 Å². The third kappa shape index (κ3) is 4.29. The number of allylic oxidation sites excluding steroid dienone is 5. The van der Waals surface area contributed by atoms with Gasteiger partial charge in [-0.05, 0) is 37.2 Å². The van der Waals surface area contributed by atoms with E-state index in [0.29, 0.717) is 17.6 Å². The van der Waals surface area contributed by atoms with Gasteiger partial charge in [-0.1, -0.05) is 44.7 Å². The molecule has 1 fully saturated rings. The van der Waals surface area contributed by atoms with Crippen LogP contribution in [0, 0.1) is 17.3 Å². The number of carbonyl (C=O) groups excluding carboxylic acids is 3. The molecule has 0 N–H and O–H groups in total. The average Bonchev–Trinajstić information content (AvgIpc) is 3.05. The molecule has 3 atom stereocenters. The Morgan fingerprint density at radius 2 is 2.00 bits per heavy atom. The summed E-state index contributed by atoms with van der Waals surface area (Å²) in [6, 6.07) is 0. The van der Waals surface area contributed by atoms with Gasteiger partial charge in [-0.15, -0.1) is 0 Å². The van der Waals surface area contributed by atoms with Crippen LogP contribution in [0.1, 0.15) is 40.5 Å². The Morgan fingerprint density at radius 3 is 2.59 bits per heavy atom. The Morgan fingerprint density at radius 1 is 1.33 bits per heavy atom. The molecule has 0 radical (unpaired) electrons. The van der Waals surface area contributed by atoms with Crippen molar-refractivity contribution in [2.24, 2.45) is 17.3 Å². The predicted octanol–water partition coefficient (Wildman–Crippen LogP) is 3.71. The van der Waals surface area contributed by atoms with E-state index < -0.39 is 12.1 Å². The lowest BCUT2D eigenvalue weighted by Gasteiger charge is -2.13. The Labute approximate surface area is 160 Å². The van der Waals surface area contributed by atoms with Crippen molar-refractivity contribution in [2.75, 3.05) is 7.11 Å². The topological polar surface area (TPSA) is 69.7 Å². The molecule has 0 unspecified atom stereocenters. The minimum Gasteiger partial charge on any atom is -0.466 e. The molecule has 0 bridgehead atoms. The maximum Gasteiger partial charge on any atom is 0.333 e. The van der Waals surface area contributed by atoms with E-state index in [1.54, 1.807) is 25.2 Å². The maximum absolute atomic E-state index is 12.7. The Hall–Kier alpha value is -2.43. The summed E-state index contributed by atoms with van der Waals surface area (Å²) >= 11 is 0. The number of rotatable bonds is 7. The fourth-order valence-corrected chi connectivity index (χ4v) is 3.70. The standard InChI is InChI=1S/C22H28O5/c1-7-8-9-10-15-14(3)18(12-17(15)23)27-21(25)19-16(22(19,4)5)11-13(2)20(24)26-6/h7-9,11,16,18-19H,1,10,12H2,2-6H3/b9-8-,13-11+/t16-,18-,19-/m0/s1. The lowest BCUT2D eigenvalue weighted by Crippen LogP contribution is -2.20. The summed E-state index contributed by atoms with van der Waals surface area (Å²) in [6.45, 7) is 11.1. The van der Waals surface area contributed by atoms with Crippen molar-refractivity contribution in [2.45, 2.75) is 46.6 Å². The van der Waals surface area contributed by atoms with E-state index in [2.05, 4.69) is 6.58 Å². The number of hydrogen-bond donors (Lipinski definition) is 0. The van der Waals surface area contributed by atoms with Gasteiger partial charge in [0.25, 0.3) is 0 Å². The van der Waals surface area contributed by atoms with Crippen molar-refractivity contribution < 1.29 is 23.9 Å². The van der Waals surface area contributed by atoms with Crippen molar-refractivity contribution in [1.82, 2.24) is 0 Å². The number of ether oxygens (including phenoxy) is 2. The van der Waals surface area contributed by atoms with Crippen molar-refractivity contribution in [3.05, 3.63) is 47.6 Å². The zero-order valence-electron chi connectivity index (χ0n) is 16.7. The van der Waals surface area contributed by atoms with Crippen LogP contribution in [-0.2, 0) is 23.9 Å². The molecule has 2 aliphatic carbocycles. The van der Waals surface area contributed by atoms with Gasteiger partial charge in [0.1, 0.15) is 6.10 Å². The first kappa shape index (κ1) is 20.9. The van der Waals surface area contributed by atoms with E-state index in [9.17, 15) is 14.4 Å². The summed E-state index contributed by atoms with van der Waals surface area (Å²) in [5, 5.41) is 0. The fraction of sp³-hybridized carbons (Fsp3) is 0.500. The molecule has 1 saturated carbocycles. The highest BCUT2D eigenvalue weighted by Crippen LogP contribution is 2.60. The molecule has 2 aliphatic rings. The minimum atomic E-state index is -0.500. The van der Waals surface area contributed by atoms with Crippen LogP contribution in [0.15, 0.2) is 47.6 Å². The molecular weight excluding hydrogens is 344 g/mol. The fourth-order valence-electron chi connectivity index (χ4n) is 3.70. The zero-order valence-corrected chi connectivity index (χ0v) is 16.7. The number of ketones is 1. The predicted molar refractivity (Wildman–Crippen MR) is 103 cm³/mol. The summed E-state index contributed by atoms with van der Waals surface area (Å²) in [5.74, 6) is -1.11. The van der Waals surface area contributed by atoms with Gasteiger partial charge in [-0.2, -0.15) is 0 Å². The van der Waals surface area contributed by atoms with Crippen LogP contribution in [0.4, 0.5) is 0 Å². The van der Waals surface area contributed by atoms with E-state index in [1.165, 1.54) is 7.11 Å². The lowest BCUT2D eigenvalue weighted by atomic mass is 10.1. The summed E-state index contributed by atoms with van der Waals surface area (Å²) in [7, 11) is 1.33. The SMILES string of the molecule is C=C/C=C\CC1=C(C)[C@@H](OC(=O)[C@@H]2[C@H](/C=C(\C)C(=O)OC)C2(C)C)CC1=O. The number of carbonyl (C=O) groups is 3. The van der Waals surface area contributed by atoms with Gasteiger partial charge in [0.05, 0.1) is 19.4 Å². The molecule has 2 rings (SSSR count). The van der Waals surface area contributed by atoms with Gasteiger partial charge >= 0.3 is 11.9 Å². The number of esters is 2. The first-order valence-corrected chi connectivity index (χ1v) is 9.12. The molecular formula is C22H28O5. The highest BCUT2D eigenvalue weighted by atomic mass is 16.5. The van der Waals surface area contributed by atoms with Gasteiger partial charge < -0.3 is 9.47 Å². The summed E-state index contributed by atoms with van der Waals surface area (Å²) in [6.07, 6.45) is 7.32. The maximum atomic E-state index is 12.7. The van der Waals surface area contributed by atoms with Crippen LogP contribution in [0.3, 0.4) is 0 Å². The van der Waals surface area contributed by atoms with E-state index in [4.69, 9.17) is 9.47 Å². The van der Waals surface area contributed by atoms with Crippen molar-refractivity contribution in [1.29, 1.82) is 0 Å². The van der Waals surface area contributed by atoms with Gasteiger partial charge in [0, 0.05) is 11.1 Å². The second-order valence-corrected chi connectivity index (χ2v) is 7.75. The molecule has 0 amide bonds. The van der Waals surface area contributed by atoms with Crippen LogP contribution in [-0.4, -0.2) is 30.9 Å². The van der Waals surface area contributed by atoms with Crippen LogP contribution in [0.25, 0.3) is 0 Å². The normalized spacial score (nSPS) is 27.1. The highest BCUT2D eigenvalue weighted by Gasteiger charge is 2.62. The van der Waals surface area contributed by atoms with Crippen LogP contribution in [0.2, 0.25) is 0 Å². The molecule has 0 spiro atoms. The Bertz CT molecular complexity index is 751. The van der Waals surface area contributed by atoms with E-state index in [-0.39, 0.29) is 35.4 Å². The van der Waals surface area contributed by atoms with Crippen molar-refractivity contribution >= 4 is 17.7 Å². The quantitative estimate of drug-likeness (QED) is 0.387. The number of methoxy groups -OCH3 is 1. The molecule has 0 aromatic rings. The van der Waals surface area contributed by atoms with Crippen LogP contribution in [0.5, 0.6) is 0 Å². The number of hydrogen-bond acceptors (Lipinski definition) is 5. The minimum absolute atomic E-state index is 0.0204. The van der Waals surface area contributed by atoms with Gasteiger partial charge in [0.2, 0.25) is 0 Å². The molecule has 0 heterocycles. The summed E-state index contributed by atoms with van der Waals surface area (Å²) in [4.78, 5) is 36.5. The summed E-state index contributed by atoms with van der Waals surface area (Å²) < 4.78 is 10.4. The first-order chi connectivity index (χ1) is 12.6. The smallest absolute Gasteiger partial charge is 0.333 e. The molecule has 5 nitrogen and oxygen atoms in total. The van der Waals surface area contributed by atoms with E-state index >= 15 is 0 Å². The second-order valence-electron chi connectivity index (χ2n) is 7.75. The molecule has 0 aromatic carbocycles. The largest absolute Gasteiger partial charge is 0.466 e. The molecule has 146 valence electrons. The molecule has 27 heavy (non-hydrogen) atoms. The van der Waals surface area contributed by atoms with Crippen LogP contribution < -0.4 is 0 Å².